The Bertz CT molecular complexity index is 765. The second-order valence-electron chi connectivity index (χ2n) is 8.61. The molecule has 3 fully saturated rings. The van der Waals surface area contributed by atoms with Crippen molar-refractivity contribution in [3.8, 4) is 0 Å². The molecule has 6 heteroatoms. The predicted molar refractivity (Wildman–Crippen MR) is 106 cm³/mol. The normalized spacial score (nSPS) is 35.3. The Morgan fingerprint density at radius 3 is 2.65 bits per heavy atom. The number of nitrogens with zero attached hydrogens (tertiary/aromatic N) is 1. The molecule has 4 rings (SSSR count). The van der Waals surface area contributed by atoms with Crippen LogP contribution in [0.5, 0.6) is 0 Å². The molecule has 0 aromatic heterocycles. The van der Waals surface area contributed by atoms with Crippen molar-refractivity contribution in [2.24, 2.45) is 16.7 Å². The van der Waals surface area contributed by atoms with Gasteiger partial charge in [0.05, 0.1) is 6.04 Å². The molecule has 1 unspecified atom stereocenters. The zero-order valence-electron chi connectivity index (χ0n) is 15.2. The number of benzene rings is 1. The molecule has 1 aromatic carbocycles. The van der Waals surface area contributed by atoms with Crippen LogP contribution in [-0.2, 0) is 9.53 Å². The van der Waals surface area contributed by atoms with Crippen LogP contribution in [0.3, 0.4) is 0 Å². The summed E-state index contributed by atoms with van der Waals surface area (Å²) < 4.78 is 6.67. The molecule has 2 saturated carbocycles. The van der Waals surface area contributed by atoms with Gasteiger partial charge in [0.1, 0.15) is 6.10 Å². The first kappa shape index (κ1) is 18.4. The number of hydrogen-bond acceptors (Lipinski definition) is 4. The highest BCUT2D eigenvalue weighted by Gasteiger charge is 2.72. The van der Waals surface area contributed by atoms with E-state index in [0.29, 0.717) is 5.92 Å². The van der Waals surface area contributed by atoms with E-state index in [4.69, 9.17) is 4.74 Å². The highest BCUT2D eigenvalue weighted by Crippen LogP contribution is 2.68. The maximum Gasteiger partial charge on any atom is 0.417 e. The Labute approximate surface area is 168 Å². The molecule has 0 N–H and O–H groups in total. The molecule has 3 aliphatic rings. The van der Waals surface area contributed by atoms with Gasteiger partial charge in [-0.1, -0.05) is 48.8 Å². The minimum Gasteiger partial charge on any atom is -0.443 e. The third kappa shape index (κ3) is 2.40. The highest BCUT2D eigenvalue weighted by atomic mass is 79.9. The summed E-state index contributed by atoms with van der Waals surface area (Å²) >= 11 is 8.02. The molecule has 0 spiro atoms. The van der Waals surface area contributed by atoms with Crippen LogP contribution in [0.4, 0.5) is 4.79 Å². The number of ether oxygens (including phenoxy) is 1. The van der Waals surface area contributed by atoms with Gasteiger partial charge in [0.15, 0.2) is 0 Å². The van der Waals surface area contributed by atoms with Crippen LogP contribution >= 0.6 is 28.6 Å². The summed E-state index contributed by atoms with van der Waals surface area (Å²) in [5.74, 6) is 0.146. The third-order valence-corrected chi connectivity index (χ3v) is 8.35. The van der Waals surface area contributed by atoms with Crippen molar-refractivity contribution in [3.63, 3.8) is 0 Å². The van der Waals surface area contributed by atoms with Crippen LogP contribution in [0.25, 0.3) is 0 Å². The summed E-state index contributed by atoms with van der Waals surface area (Å²) in [5.41, 5.74) is 0.940. The topological polar surface area (TPSA) is 46.6 Å². The first-order chi connectivity index (χ1) is 12.2. The maximum atomic E-state index is 13.0. The van der Waals surface area contributed by atoms with Crippen LogP contribution in [-0.4, -0.2) is 29.0 Å². The van der Waals surface area contributed by atoms with Gasteiger partial charge >= 0.3 is 6.09 Å². The molecule has 140 valence electrons. The van der Waals surface area contributed by atoms with Crippen molar-refractivity contribution < 1.29 is 14.3 Å². The van der Waals surface area contributed by atoms with Crippen LogP contribution < -0.4 is 0 Å². The highest BCUT2D eigenvalue weighted by molar-refractivity contribution is 9.10. The van der Waals surface area contributed by atoms with E-state index < -0.39 is 6.09 Å². The largest absolute Gasteiger partial charge is 0.443 e. The summed E-state index contributed by atoms with van der Waals surface area (Å²) in [4.78, 5) is 27.0. The molecule has 4 nitrogen and oxygen atoms in total. The van der Waals surface area contributed by atoms with Crippen molar-refractivity contribution in [1.82, 2.24) is 4.90 Å². The zero-order valence-corrected chi connectivity index (χ0v) is 17.7. The van der Waals surface area contributed by atoms with Gasteiger partial charge in [-0.25, -0.2) is 9.69 Å². The lowest BCUT2D eigenvalue weighted by Gasteiger charge is -2.40. The standard InChI is InChI=1S/C20H24BrNO3S/c1-19(2)13-8-9-20(19,3)17-16(13)25-18(24)22(17)15(23)10-14(26)11-4-6-12(21)7-5-11/h4-7,13-14,16-17,26H,8-10H2,1-3H3/t13?,14-,16+,17+,20-/m0/s1. The Kier molecular flexibility index (Phi) is 4.23. The monoisotopic (exact) mass is 437 g/mol. The Hall–Kier alpha value is -1.01. The number of amides is 2. The van der Waals surface area contributed by atoms with Gasteiger partial charge in [0.25, 0.3) is 0 Å². The number of imide groups is 1. The fraction of sp³-hybridized carbons (Fsp3) is 0.600. The number of hydrogen-bond donors (Lipinski definition) is 1. The fourth-order valence-corrected chi connectivity index (χ4v) is 6.03. The SMILES string of the molecule is CC1(C)C2CC[C@@]1(C)[C@H]1[C@@H]2OC(=O)N1C(=O)C[C@H](S)c1ccc(Br)cc1. The summed E-state index contributed by atoms with van der Waals surface area (Å²) in [5, 5.41) is -0.248. The molecular formula is C20H24BrNO3S. The lowest BCUT2D eigenvalue weighted by Crippen LogP contribution is -2.50. The molecule has 1 saturated heterocycles. The smallest absolute Gasteiger partial charge is 0.417 e. The summed E-state index contributed by atoms with van der Waals surface area (Å²) in [6, 6.07) is 7.61. The summed E-state index contributed by atoms with van der Waals surface area (Å²) in [6.07, 6.45) is 1.64. The molecule has 1 aromatic rings. The summed E-state index contributed by atoms with van der Waals surface area (Å²) in [6.45, 7) is 6.72. The number of carbonyl (C=O) groups is 2. The lowest BCUT2D eigenvalue weighted by molar-refractivity contribution is -0.131. The van der Waals surface area contributed by atoms with E-state index in [1.165, 1.54) is 4.90 Å². The minimum absolute atomic E-state index is 0.0631. The lowest BCUT2D eigenvalue weighted by atomic mass is 9.69. The second-order valence-corrected chi connectivity index (χ2v) is 10.2. The predicted octanol–water partition coefficient (Wildman–Crippen LogP) is 4.98. The molecule has 2 amide bonds. The van der Waals surface area contributed by atoms with E-state index in [9.17, 15) is 9.59 Å². The van der Waals surface area contributed by atoms with Gasteiger partial charge in [0, 0.05) is 22.1 Å². The van der Waals surface area contributed by atoms with Crippen molar-refractivity contribution in [2.75, 3.05) is 0 Å². The molecule has 2 bridgehead atoms. The average molecular weight is 438 g/mol. The average Bonchev–Trinajstić information content (AvgIpc) is 3.08. The van der Waals surface area contributed by atoms with Crippen molar-refractivity contribution >= 4 is 40.6 Å². The van der Waals surface area contributed by atoms with Crippen LogP contribution in [0.15, 0.2) is 28.7 Å². The number of thiol groups is 1. The van der Waals surface area contributed by atoms with E-state index in [0.717, 1.165) is 22.9 Å². The molecule has 5 atom stereocenters. The fourth-order valence-electron chi connectivity index (χ4n) is 5.44. The Morgan fingerprint density at radius 2 is 2.00 bits per heavy atom. The van der Waals surface area contributed by atoms with E-state index in [1.807, 2.05) is 24.3 Å². The maximum absolute atomic E-state index is 13.0. The molecule has 26 heavy (non-hydrogen) atoms. The van der Waals surface area contributed by atoms with Crippen molar-refractivity contribution in [2.45, 2.75) is 57.4 Å². The second kappa shape index (κ2) is 5.99. The minimum atomic E-state index is -0.477. The van der Waals surface area contributed by atoms with Crippen molar-refractivity contribution in [1.29, 1.82) is 0 Å². The van der Waals surface area contributed by atoms with Crippen LogP contribution in [0.1, 0.15) is 50.8 Å². The van der Waals surface area contributed by atoms with Crippen molar-refractivity contribution in [3.05, 3.63) is 34.3 Å². The van der Waals surface area contributed by atoms with Gasteiger partial charge in [-0.05, 0) is 41.4 Å². The van der Waals surface area contributed by atoms with Gasteiger partial charge in [0.2, 0.25) is 5.91 Å². The van der Waals surface area contributed by atoms with E-state index in [2.05, 4.69) is 49.3 Å². The molecular weight excluding hydrogens is 414 g/mol. The van der Waals surface area contributed by atoms with Crippen LogP contribution in [0, 0.1) is 16.7 Å². The number of rotatable bonds is 3. The zero-order chi connectivity index (χ0) is 18.9. The quantitative estimate of drug-likeness (QED) is 0.677. The number of fused-ring (bicyclic) bond motifs is 5. The van der Waals surface area contributed by atoms with E-state index in [-0.39, 0.29) is 40.6 Å². The van der Waals surface area contributed by atoms with Gasteiger partial charge < -0.3 is 4.74 Å². The van der Waals surface area contributed by atoms with Gasteiger partial charge in [-0.15, -0.1) is 0 Å². The molecule has 0 radical (unpaired) electrons. The van der Waals surface area contributed by atoms with E-state index >= 15 is 0 Å². The number of carbonyl (C=O) groups excluding carboxylic acids is 2. The Morgan fingerprint density at radius 1 is 1.35 bits per heavy atom. The number of halogens is 1. The molecule has 2 aliphatic carbocycles. The third-order valence-electron chi connectivity index (χ3n) is 7.34. The van der Waals surface area contributed by atoms with Gasteiger partial charge in [-0.2, -0.15) is 12.6 Å². The first-order valence-electron chi connectivity index (χ1n) is 9.13. The first-order valence-corrected chi connectivity index (χ1v) is 10.4. The Balaban J connectivity index is 1.56. The van der Waals surface area contributed by atoms with Gasteiger partial charge in [-0.3, -0.25) is 4.79 Å². The summed E-state index contributed by atoms with van der Waals surface area (Å²) in [7, 11) is 0. The molecule has 1 aliphatic heterocycles. The van der Waals surface area contributed by atoms with Crippen LogP contribution in [0.2, 0.25) is 0 Å². The van der Waals surface area contributed by atoms with E-state index in [1.54, 1.807) is 0 Å². The molecule has 1 heterocycles.